The van der Waals surface area contributed by atoms with Crippen LogP contribution in [-0.4, -0.2) is 39.2 Å². The molecule has 0 aliphatic heterocycles. The van der Waals surface area contributed by atoms with Crippen molar-refractivity contribution in [2.45, 2.75) is 36.7 Å². The molecule has 1 rings (SSSR count). The minimum atomic E-state index is -3.00. The van der Waals surface area contributed by atoms with Crippen molar-refractivity contribution < 1.29 is 12.8 Å². The van der Waals surface area contributed by atoms with Crippen molar-refractivity contribution in [3.63, 3.8) is 0 Å². The molecule has 0 saturated heterocycles. The van der Waals surface area contributed by atoms with E-state index >= 15 is 0 Å². The van der Waals surface area contributed by atoms with E-state index in [0.29, 0.717) is 19.3 Å². The van der Waals surface area contributed by atoms with Crippen LogP contribution in [0.3, 0.4) is 0 Å². The van der Waals surface area contributed by atoms with Crippen LogP contribution in [0.25, 0.3) is 0 Å². The van der Waals surface area contributed by atoms with Gasteiger partial charge in [0.15, 0.2) is 0 Å². The Morgan fingerprint density at radius 2 is 2.00 bits per heavy atom. The molecule has 3 unspecified atom stereocenters. The molecule has 3 nitrogen and oxygen atoms in total. The highest BCUT2D eigenvalue weighted by Crippen LogP contribution is 2.25. The zero-order valence-corrected chi connectivity index (χ0v) is 8.77. The van der Waals surface area contributed by atoms with Crippen LogP contribution in [0.4, 0.5) is 4.39 Å². The molecule has 1 saturated carbocycles. The molecular weight excluding hydrogens is 193 g/mol. The van der Waals surface area contributed by atoms with Gasteiger partial charge in [-0.25, -0.2) is 12.8 Å². The Morgan fingerprint density at radius 3 is 2.46 bits per heavy atom. The van der Waals surface area contributed by atoms with E-state index in [9.17, 15) is 12.8 Å². The van der Waals surface area contributed by atoms with Crippen LogP contribution >= 0.6 is 0 Å². The van der Waals surface area contributed by atoms with Gasteiger partial charge in [0.25, 0.3) is 0 Å². The SMILES string of the molecule is CNC1CC(S(C)(=O)=O)CCC1F. The Morgan fingerprint density at radius 1 is 1.38 bits per heavy atom. The first kappa shape index (κ1) is 10.9. The van der Waals surface area contributed by atoms with Crippen LogP contribution < -0.4 is 5.32 Å². The minimum absolute atomic E-state index is 0.298. The van der Waals surface area contributed by atoms with Crippen LogP contribution in [0, 0.1) is 0 Å². The number of halogens is 1. The van der Waals surface area contributed by atoms with E-state index in [1.165, 1.54) is 6.26 Å². The van der Waals surface area contributed by atoms with Crippen LogP contribution in [0.15, 0.2) is 0 Å². The van der Waals surface area contributed by atoms with Crippen LogP contribution in [0.1, 0.15) is 19.3 Å². The fourth-order valence-electron chi connectivity index (χ4n) is 1.78. The first-order valence-electron chi connectivity index (χ1n) is 4.45. The maximum atomic E-state index is 13.2. The molecule has 0 aromatic carbocycles. The quantitative estimate of drug-likeness (QED) is 0.721. The maximum absolute atomic E-state index is 13.2. The van der Waals surface area contributed by atoms with Crippen molar-refractivity contribution in [1.29, 1.82) is 0 Å². The number of sulfone groups is 1. The second-order valence-electron chi connectivity index (χ2n) is 3.68. The standard InChI is InChI=1S/C8H16FNO2S/c1-10-8-5-6(13(2,11)12)3-4-7(8)9/h6-8,10H,3-5H2,1-2H3. The largest absolute Gasteiger partial charge is 0.314 e. The Bertz CT molecular complexity index is 265. The molecule has 0 bridgehead atoms. The smallest absolute Gasteiger partial charge is 0.150 e. The lowest BCUT2D eigenvalue weighted by atomic mass is 9.93. The molecular formula is C8H16FNO2S. The molecule has 1 fully saturated rings. The normalized spacial score (nSPS) is 36.1. The number of alkyl halides is 1. The highest BCUT2D eigenvalue weighted by atomic mass is 32.2. The summed E-state index contributed by atoms with van der Waals surface area (Å²) in [6, 6.07) is -0.298. The second kappa shape index (κ2) is 3.92. The third kappa shape index (κ3) is 2.64. The van der Waals surface area contributed by atoms with Gasteiger partial charge in [0.2, 0.25) is 0 Å². The summed E-state index contributed by atoms with van der Waals surface area (Å²) in [5, 5.41) is 2.45. The number of rotatable bonds is 2. The van der Waals surface area contributed by atoms with Gasteiger partial charge >= 0.3 is 0 Å². The highest BCUT2D eigenvalue weighted by molar-refractivity contribution is 7.91. The summed E-state index contributed by atoms with van der Waals surface area (Å²) in [5.41, 5.74) is 0. The third-order valence-corrected chi connectivity index (χ3v) is 4.33. The maximum Gasteiger partial charge on any atom is 0.150 e. The molecule has 0 aromatic heterocycles. The monoisotopic (exact) mass is 209 g/mol. The molecule has 13 heavy (non-hydrogen) atoms. The summed E-state index contributed by atoms with van der Waals surface area (Å²) in [6.45, 7) is 0. The van der Waals surface area contributed by atoms with Gasteiger partial charge in [-0.15, -0.1) is 0 Å². The number of hydrogen-bond acceptors (Lipinski definition) is 3. The minimum Gasteiger partial charge on any atom is -0.314 e. The second-order valence-corrected chi connectivity index (χ2v) is 6.00. The van der Waals surface area contributed by atoms with Crippen LogP contribution in [0.2, 0.25) is 0 Å². The van der Waals surface area contributed by atoms with Crippen molar-refractivity contribution in [2.75, 3.05) is 13.3 Å². The lowest BCUT2D eigenvalue weighted by molar-refractivity contribution is 0.198. The topological polar surface area (TPSA) is 46.2 Å². The molecule has 3 atom stereocenters. The summed E-state index contributed by atoms with van der Waals surface area (Å²) in [5.74, 6) is 0. The van der Waals surface area contributed by atoms with Crippen molar-refractivity contribution >= 4 is 9.84 Å². The fourth-order valence-corrected chi connectivity index (χ4v) is 2.90. The molecule has 1 N–H and O–H groups in total. The Labute approximate surface area is 78.6 Å². The summed E-state index contributed by atoms with van der Waals surface area (Å²) in [6.07, 6.45) is 1.53. The summed E-state index contributed by atoms with van der Waals surface area (Å²) >= 11 is 0. The van der Waals surface area contributed by atoms with Gasteiger partial charge in [-0.05, 0) is 26.3 Å². The third-order valence-electron chi connectivity index (χ3n) is 2.69. The van der Waals surface area contributed by atoms with Gasteiger partial charge in [0.1, 0.15) is 16.0 Å². The van der Waals surface area contributed by atoms with Crippen molar-refractivity contribution in [2.24, 2.45) is 0 Å². The number of hydrogen-bond donors (Lipinski definition) is 1. The molecule has 5 heteroatoms. The Kier molecular flexibility index (Phi) is 3.29. The number of nitrogens with one attached hydrogen (secondary N) is 1. The lowest BCUT2D eigenvalue weighted by Crippen LogP contribution is -2.44. The fraction of sp³-hybridized carbons (Fsp3) is 1.00. The van der Waals surface area contributed by atoms with Gasteiger partial charge in [0.05, 0.1) is 5.25 Å². The molecule has 78 valence electrons. The van der Waals surface area contributed by atoms with E-state index in [4.69, 9.17) is 0 Å². The summed E-state index contributed by atoms with van der Waals surface area (Å²) in [4.78, 5) is 0. The van der Waals surface area contributed by atoms with E-state index in [1.54, 1.807) is 7.05 Å². The first-order valence-corrected chi connectivity index (χ1v) is 6.41. The average Bonchev–Trinajstić information content (AvgIpc) is 2.03. The lowest BCUT2D eigenvalue weighted by Gasteiger charge is -2.30. The van der Waals surface area contributed by atoms with Gasteiger partial charge in [0, 0.05) is 12.3 Å². The van der Waals surface area contributed by atoms with E-state index < -0.39 is 16.0 Å². The van der Waals surface area contributed by atoms with Crippen molar-refractivity contribution in [1.82, 2.24) is 5.32 Å². The molecule has 0 radical (unpaired) electrons. The van der Waals surface area contributed by atoms with Gasteiger partial charge in [-0.2, -0.15) is 0 Å². The summed E-state index contributed by atoms with van der Waals surface area (Å²) < 4.78 is 35.6. The van der Waals surface area contributed by atoms with E-state index in [0.717, 1.165) is 0 Å². The molecule has 0 aromatic rings. The molecule has 1 aliphatic rings. The van der Waals surface area contributed by atoms with E-state index in [1.807, 2.05) is 0 Å². The molecule has 0 amide bonds. The highest BCUT2D eigenvalue weighted by Gasteiger charge is 2.34. The Hall–Kier alpha value is -0.160. The molecule has 0 heterocycles. The van der Waals surface area contributed by atoms with E-state index in [-0.39, 0.29) is 11.3 Å². The van der Waals surface area contributed by atoms with Gasteiger partial charge < -0.3 is 5.32 Å². The van der Waals surface area contributed by atoms with Crippen LogP contribution in [-0.2, 0) is 9.84 Å². The van der Waals surface area contributed by atoms with Gasteiger partial charge in [-0.1, -0.05) is 0 Å². The van der Waals surface area contributed by atoms with Crippen LogP contribution in [0.5, 0.6) is 0 Å². The Balaban J connectivity index is 2.65. The predicted molar refractivity (Wildman–Crippen MR) is 50.2 cm³/mol. The first-order chi connectivity index (χ1) is 5.95. The van der Waals surface area contributed by atoms with Crippen molar-refractivity contribution in [3.05, 3.63) is 0 Å². The predicted octanol–water partition coefficient (Wildman–Crippen LogP) is 0.510. The average molecular weight is 209 g/mol. The van der Waals surface area contributed by atoms with Gasteiger partial charge in [-0.3, -0.25) is 0 Å². The molecule has 0 spiro atoms. The zero-order chi connectivity index (χ0) is 10.1. The van der Waals surface area contributed by atoms with E-state index in [2.05, 4.69) is 5.32 Å². The molecule has 1 aliphatic carbocycles. The van der Waals surface area contributed by atoms with Crippen molar-refractivity contribution in [3.8, 4) is 0 Å². The summed E-state index contributed by atoms with van der Waals surface area (Å²) in [7, 11) is -1.33. The zero-order valence-electron chi connectivity index (χ0n) is 7.96.